The van der Waals surface area contributed by atoms with Crippen molar-refractivity contribution in [3.05, 3.63) is 59.9 Å². The second-order valence-corrected chi connectivity index (χ2v) is 7.40. The lowest BCUT2D eigenvalue weighted by molar-refractivity contribution is 0.230. The molecule has 1 heterocycles. The Hall–Kier alpha value is -2.58. The predicted octanol–water partition coefficient (Wildman–Crippen LogP) is 3.18. The molecule has 1 N–H and O–H groups in total. The molecule has 2 aromatic carbocycles. The molecule has 25 heavy (non-hydrogen) atoms. The molecule has 0 aliphatic heterocycles. The summed E-state index contributed by atoms with van der Waals surface area (Å²) in [6.07, 6.45) is 0.905. The molecule has 130 valence electrons. The lowest BCUT2D eigenvalue weighted by Crippen LogP contribution is -2.01. The van der Waals surface area contributed by atoms with E-state index >= 15 is 0 Å². The number of aliphatic hydroxyl groups excluding tert-OH is 1. The van der Waals surface area contributed by atoms with Gasteiger partial charge in [0.15, 0.2) is 15.6 Å². The molecule has 1 aromatic heterocycles. The zero-order valence-electron chi connectivity index (χ0n) is 13.0. The van der Waals surface area contributed by atoms with Crippen molar-refractivity contribution >= 4 is 9.84 Å². The Balaban J connectivity index is 2.21. The van der Waals surface area contributed by atoms with Gasteiger partial charge in [-0.05, 0) is 29.8 Å². The first-order valence-electron chi connectivity index (χ1n) is 7.16. The van der Waals surface area contributed by atoms with Gasteiger partial charge in [-0.3, -0.25) is 0 Å². The van der Waals surface area contributed by atoms with Crippen LogP contribution < -0.4 is 0 Å². The highest BCUT2D eigenvalue weighted by Gasteiger charge is 2.22. The highest BCUT2D eigenvalue weighted by molar-refractivity contribution is 7.90. The number of aliphatic hydroxyl groups is 1. The van der Waals surface area contributed by atoms with E-state index in [0.717, 1.165) is 18.4 Å². The molecule has 0 atom stereocenters. The maximum absolute atomic E-state index is 14.2. The van der Waals surface area contributed by atoms with E-state index in [2.05, 4.69) is 5.16 Å². The van der Waals surface area contributed by atoms with Crippen molar-refractivity contribution in [2.45, 2.75) is 11.5 Å². The molecule has 3 rings (SSSR count). The summed E-state index contributed by atoms with van der Waals surface area (Å²) in [7, 11) is -3.72. The Morgan fingerprint density at radius 3 is 2.48 bits per heavy atom. The predicted molar refractivity (Wildman–Crippen MR) is 86.3 cm³/mol. The average Bonchev–Trinajstić information content (AvgIpc) is 2.97. The molecule has 0 unspecified atom stereocenters. The standard InChI is InChI=1S/C17H13F2NO4S/c1-25(22,23)15-6-5-10(8-13(15)19)16-14(9-21)24-20-17(16)11-3-2-4-12(18)7-11/h2-8,21H,9H2,1H3. The summed E-state index contributed by atoms with van der Waals surface area (Å²) in [4.78, 5) is -0.439. The second kappa shape index (κ2) is 6.38. The SMILES string of the molecule is CS(=O)(=O)c1ccc(-c2c(-c3cccc(F)c3)noc2CO)cc1F. The van der Waals surface area contributed by atoms with Crippen molar-refractivity contribution in [2.24, 2.45) is 0 Å². The minimum atomic E-state index is -3.72. The molecule has 8 heteroatoms. The van der Waals surface area contributed by atoms with Crippen molar-refractivity contribution in [1.29, 1.82) is 0 Å². The van der Waals surface area contributed by atoms with Crippen LogP contribution in [-0.4, -0.2) is 24.9 Å². The maximum atomic E-state index is 14.2. The third-order valence-corrected chi connectivity index (χ3v) is 4.75. The van der Waals surface area contributed by atoms with Crippen LogP contribution in [0, 0.1) is 11.6 Å². The van der Waals surface area contributed by atoms with Crippen LogP contribution in [-0.2, 0) is 16.4 Å². The number of hydrogen-bond donors (Lipinski definition) is 1. The van der Waals surface area contributed by atoms with Crippen LogP contribution in [0.5, 0.6) is 0 Å². The van der Waals surface area contributed by atoms with Gasteiger partial charge in [0, 0.05) is 11.8 Å². The van der Waals surface area contributed by atoms with Crippen LogP contribution in [0.3, 0.4) is 0 Å². The molecule has 0 bridgehead atoms. The van der Waals surface area contributed by atoms with Gasteiger partial charge in [-0.15, -0.1) is 0 Å². The fraction of sp³-hybridized carbons (Fsp3) is 0.118. The van der Waals surface area contributed by atoms with Crippen LogP contribution in [0.25, 0.3) is 22.4 Å². The zero-order valence-corrected chi connectivity index (χ0v) is 13.8. The van der Waals surface area contributed by atoms with Gasteiger partial charge < -0.3 is 9.63 Å². The molecule has 0 radical (unpaired) electrons. The van der Waals surface area contributed by atoms with Gasteiger partial charge in [0.2, 0.25) is 0 Å². The highest BCUT2D eigenvalue weighted by atomic mass is 32.2. The molecular weight excluding hydrogens is 352 g/mol. The second-order valence-electron chi connectivity index (χ2n) is 5.42. The third-order valence-electron chi connectivity index (χ3n) is 3.62. The van der Waals surface area contributed by atoms with Crippen LogP contribution in [0.4, 0.5) is 8.78 Å². The topological polar surface area (TPSA) is 80.4 Å². The van der Waals surface area contributed by atoms with Crippen molar-refractivity contribution < 1.29 is 26.8 Å². The fourth-order valence-corrected chi connectivity index (χ4v) is 3.25. The number of nitrogens with zero attached hydrogens (tertiary/aromatic N) is 1. The summed E-state index contributed by atoms with van der Waals surface area (Å²) in [6, 6.07) is 9.09. The summed E-state index contributed by atoms with van der Waals surface area (Å²) in [5, 5.41) is 13.3. The van der Waals surface area contributed by atoms with Gasteiger partial charge >= 0.3 is 0 Å². The molecule has 0 amide bonds. The molecule has 0 fully saturated rings. The Bertz CT molecular complexity index is 1040. The van der Waals surface area contributed by atoms with E-state index in [4.69, 9.17) is 4.52 Å². The summed E-state index contributed by atoms with van der Waals surface area (Å²) < 4.78 is 55.9. The smallest absolute Gasteiger partial charge is 0.178 e. The van der Waals surface area contributed by atoms with E-state index in [0.29, 0.717) is 5.56 Å². The quantitative estimate of drug-likeness (QED) is 0.768. The van der Waals surface area contributed by atoms with Gasteiger partial charge in [-0.1, -0.05) is 23.4 Å². The monoisotopic (exact) mass is 365 g/mol. The molecule has 0 saturated carbocycles. The van der Waals surface area contributed by atoms with Crippen LogP contribution in [0.2, 0.25) is 0 Å². The molecule has 5 nitrogen and oxygen atoms in total. The third kappa shape index (κ3) is 3.31. The largest absolute Gasteiger partial charge is 0.388 e. The Labute approximate surface area is 142 Å². The number of halogens is 2. The van der Waals surface area contributed by atoms with Crippen molar-refractivity contribution in [1.82, 2.24) is 5.16 Å². The Morgan fingerprint density at radius 2 is 1.88 bits per heavy atom. The van der Waals surface area contributed by atoms with Crippen molar-refractivity contribution in [3.8, 4) is 22.4 Å². The Morgan fingerprint density at radius 1 is 1.12 bits per heavy atom. The summed E-state index contributed by atoms with van der Waals surface area (Å²) >= 11 is 0. The summed E-state index contributed by atoms with van der Waals surface area (Å²) in [5.41, 5.74) is 1.13. The van der Waals surface area contributed by atoms with Crippen LogP contribution >= 0.6 is 0 Å². The van der Waals surface area contributed by atoms with Gasteiger partial charge in [-0.2, -0.15) is 0 Å². The summed E-state index contributed by atoms with van der Waals surface area (Å²) in [6.45, 7) is -0.507. The lowest BCUT2D eigenvalue weighted by atomic mass is 9.99. The highest BCUT2D eigenvalue weighted by Crippen LogP contribution is 2.36. The molecule has 0 aliphatic carbocycles. The molecular formula is C17H13F2NO4S. The normalized spacial score (nSPS) is 11.7. The number of sulfone groups is 1. The molecule has 0 spiro atoms. The van der Waals surface area contributed by atoms with E-state index < -0.39 is 33.0 Å². The minimum absolute atomic E-state index is 0.0609. The molecule has 0 aliphatic rings. The first-order valence-corrected chi connectivity index (χ1v) is 9.05. The number of aromatic nitrogens is 1. The first-order chi connectivity index (χ1) is 11.8. The van der Waals surface area contributed by atoms with Gasteiger partial charge in [0.1, 0.15) is 28.8 Å². The fourth-order valence-electron chi connectivity index (χ4n) is 2.52. The zero-order chi connectivity index (χ0) is 18.2. The Kier molecular flexibility index (Phi) is 4.40. The average molecular weight is 365 g/mol. The van der Waals surface area contributed by atoms with Gasteiger partial charge in [0.05, 0.1) is 5.56 Å². The van der Waals surface area contributed by atoms with Gasteiger partial charge in [0.25, 0.3) is 0 Å². The summed E-state index contributed by atoms with van der Waals surface area (Å²) in [5.74, 6) is -1.36. The van der Waals surface area contributed by atoms with E-state index in [1.165, 1.54) is 24.3 Å². The minimum Gasteiger partial charge on any atom is -0.388 e. The first kappa shape index (κ1) is 17.2. The number of benzene rings is 2. The number of rotatable bonds is 4. The van der Waals surface area contributed by atoms with Crippen LogP contribution in [0.15, 0.2) is 51.9 Å². The van der Waals surface area contributed by atoms with E-state index in [9.17, 15) is 22.3 Å². The van der Waals surface area contributed by atoms with Crippen LogP contribution in [0.1, 0.15) is 5.76 Å². The lowest BCUT2D eigenvalue weighted by Gasteiger charge is -2.07. The van der Waals surface area contributed by atoms with E-state index in [-0.39, 0.29) is 22.6 Å². The molecule has 0 saturated heterocycles. The maximum Gasteiger partial charge on any atom is 0.178 e. The molecule has 3 aromatic rings. The van der Waals surface area contributed by atoms with E-state index in [1.54, 1.807) is 6.07 Å². The number of hydrogen-bond acceptors (Lipinski definition) is 5. The van der Waals surface area contributed by atoms with Crippen molar-refractivity contribution in [3.63, 3.8) is 0 Å². The van der Waals surface area contributed by atoms with Crippen molar-refractivity contribution in [2.75, 3.05) is 6.26 Å². The van der Waals surface area contributed by atoms with Gasteiger partial charge in [-0.25, -0.2) is 17.2 Å². The van der Waals surface area contributed by atoms with E-state index in [1.807, 2.05) is 0 Å².